The summed E-state index contributed by atoms with van der Waals surface area (Å²) in [4.78, 5) is 20.1. The lowest BCUT2D eigenvalue weighted by molar-refractivity contribution is -0.0589. The molecule has 1 aliphatic rings. The van der Waals surface area contributed by atoms with E-state index in [2.05, 4.69) is 9.97 Å². The summed E-state index contributed by atoms with van der Waals surface area (Å²) in [6, 6.07) is 14.0. The summed E-state index contributed by atoms with van der Waals surface area (Å²) >= 11 is 0. The Morgan fingerprint density at radius 2 is 1.77 bits per heavy atom. The van der Waals surface area contributed by atoms with E-state index in [1.807, 2.05) is 6.07 Å². The fourth-order valence-corrected chi connectivity index (χ4v) is 4.93. The summed E-state index contributed by atoms with van der Waals surface area (Å²) in [6.07, 6.45) is 0.530. The quantitative estimate of drug-likeness (QED) is 0.201. The number of nitrogens with zero attached hydrogens (tertiary/aromatic N) is 4. The van der Waals surface area contributed by atoms with Crippen LogP contribution in [0.5, 0.6) is 5.88 Å². The highest BCUT2D eigenvalue weighted by atomic mass is 19.1. The van der Waals surface area contributed by atoms with E-state index in [1.165, 1.54) is 30.3 Å². The lowest BCUT2D eigenvalue weighted by Gasteiger charge is -2.27. The Hall–Kier alpha value is -5.28. The molecular formula is C32H22F4N4O4. The number of carbonyl (C=O) groups is 1. The first-order chi connectivity index (χ1) is 21.2. The number of hydrogen-bond donors (Lipinski definition) is 1. The topological polar surface area (TPSA) is 110 Å². The summed E-state index contributed by atoms with van der Waals surface area (Å²) in [7, 11) is 0. The van der Waals surface area contributed by atoms with Gasteiger partial charge in [-0.15, -0.1) is 0 Å². The predicted octanol–water partition coefficient (Wildman–Crippen LogP) is 6.18. The number of halogens is 4. The van der Waals surface area contributed by atoms with Gasteiger partial charge < -0.3 is 19.1 Å². The van der Waals surface area contributed by atoms with Crippen LogP contribution in [0, 0.1) is 34.6 Å². The summed E-state index contributed by atoms with van der Waals surface area (Å²) in [5.41, 5.74) is 0.327. The van der Waals surface area contributed by atoms with E-state index in [1.54, 1.807) is 10.6 Å². The molecular weight excluding hydrogens is 580 g/mol. The van der Waals surface area contributed by atoms with Crippen molar-refractivity contribution in [3.05, 3.63) is 112 Å². The Balaban J connectivity index is 1.28. The fraction of sp³-hybridized carbons (Fsp3) is 0.188. The van der Waals surface area contributed by atoms with E-state index in [4.69, 9.17) is 14.7 Å². The minimum atomic E-state index is -1.11. The minimum Gasteiger partial charge on any atom is -0.478 e. The zero-order chi connectivity index (χ0) is 31.0. The molecule has 1 fully saturated rings. The van der Waals surface area contributed by atoms with Crippen molar-refractivity contribution in [1.29, 1.82) is 5.26 Å². The van der Waals surface area contributed by atoms with E-state index in [9.17, 15) is 18.7 Å². The number of carboxylic acids is 1. The van der Waals surface area contributed by atoms with Crippen LogP contribution in [0.15, 0.2) is 60.7 Å². The van der Waals surface area contributed by atoms with Crippen LogP contribution in [0.1, 0.15) is 39.3 Å². The number of nitriles is 1. The fourth-order valence-electron chi connectivity index (χ4n) is 4.93. The van der Waals surface area contributed by atoms with E-state index >= 15 is 8.78 Å². The molecule has 0 unspecified atom stereocenters. The Bertz CT molecular complexity index is 1970. The maximum atomic E-state index is 15.5. The third-order valence-corrected chi connectivity index (χ3v) is 7.37. The van der Waals surface area contributed by atoms with Crippen molar-refractivity contribution in [3.63, 3.8) is 0 Å². The van der Waals surface area contributed by atoms with Crippen molar-refractivity contribution in [2.24, 2.45) is 0 Å². The molecule has 12 heteroatoms. The number of ether oxygens (including phenoxy) is 2. The van der Waals surface area contributed by atoms with E-state index < -0.39 is 40.5 Å². The molecule has 3 aromatic carbocycles. The molecule has 0 amide bonds. The lowest BCUT2D eigenvalue weighted by atomic mass is 10.0. The molecule has 0 radical (unpaired) electrons. The summed E-state index contributed by atoms with van der Waals surface area (Å²) < 4.78 is 72.6. The molecule has 6 rings (SSSR count). The third-order valence-electron chi connectivity index (χ3n) is 7.37. The number of fused-ring (bicyclic) bond motifs is 1. The van der Waals surface area contributed by atoms with Crippen LogP contribution in [0.4, 0.5) is 17.6 Å². The second-order valence-corrected chi connectivity index (χ2v) is 10.2. The molecule has 5 aromatic rings. The zero-order valence-electron chi connectivity index (χ0n) is 22.9. The average molecular weight is 603 g/mol. The van der Waals surface area contributed by atoms with Crippen LogP contribution in [-0.4, -0.2) is 38.3 Å². The maximum Gasteiger partial charge on any atom is 0.335 e. The van der Waals surface area contributed by atoms with Crippen LogP contribution in [-0.2, 0) is 24.3 Å². The van der Waals surface area contributed by atoms with Gasteiger partial charge in [0.2, 0.25) is 5.88 Å². The molecule has 0 saturated carbocycles. The van der Waals surface area contributed by atoms with Crippen molar-refractivity contribution in [2.45, 2.75) is 32.1 Å². The Labute approximate surface area is 247 Å². The molecule has 0 aliphatic carbocycles. The predicted molar refractivity (Wildman–Crippen MR) is 149 cm³/mol. The third kappa shape index (κ3) is 5.69. The van der Waals surface area contributed by atoms with Gasteiger partial charge in [0, 0.05) is 30.2 Å². The highest BCUT2D eigenvalue weighted by Crippen LogP contribution is 2.30. The van der Waals surface area contributed by atoms with Crippen molar-refractivity contribution in [3.8, 4) is 23.2 Å². The molecule has 0 spiro atoms. The van der Waals surface area contributed by atoms with Gasteiger partial charge in [-0.2, -0.15) is 5.26 Å². The molecule has 8 nitrogen and oxygen atoms in total. The first-order valence-electron chi connectivity index (χ1n) is 13.5. The van der Waals surface area contributed by atoms with Gasteiger partial charge in [0.05, 0.1) is 40.9 Å². The van der Waals surface area contributed by atoms with Crippen molar-refractivity contribution < 1.29 is 36.9 Å². The number of carboxylic acid groups (broad SMARTS) is 1. The van der Waals surface area contributed by atoms with Crippen LogP contribution in [0.25, 0.3) is 22.3 Å². The largest absolute Gasteiger partial charge is 0.478 e. The molecule has 222 valence electrons. The second kappa shape index (κ2) is 11.8. The number of aromatic carboxylic acids is 1. The monoisotopic (exact) mass is 602 g/mol. The summed E-state index contributed by atoms with van der Waals surface area (Å²) in [5, 5.41) is 18.3. The molecule has 3 heterocycles. The molecule has 1 N–H and O–H groups in total. The van der Waals surface area contributed by atoms with Gasteiger partial charge in [-0.05, 0) is 60.5 Å². The first kappa shape index (κ1) is 28.8. The number of benzene rings is 3. The van der Waals surface area contributed by atoms with Gasteiger partial charge in [0.1, 0.15) is 41.4 Å². The smallest absolute Gasteiger partial charge is 0.335 e. The molecule has 2 aromatic heterocycles. The van der Waals surface area contributed by atoms with Gasteiger partial charge in [-0.25, -0.2) is 32.3 Å². The van der Waals surface area contributed by atoms with Crippen molar-refractivity contribution in [2.75, 3.05) is 6.61 Å². The molecule has 1 saturated heterocycles. The molecule has 44 heavy (non-hydrogen) atoms. The number of imidazole rings is 1. The van der Waals surface area contributed by atoms with Crippen molar-refractivity contribution in [1.82, 2.24) is 14.5 Å². The number of pyridine rings is 1. The normalized spacial score (nSPS) is 14.3. The molecule has 1 atom stereocenters. The van der Waals surface area contributed by atoms with E-state index in [0.29, 0.717) is 30.0 Å². The number of hydrogen-bond acceptors (Lipinski definition) is 6. The van der Waals surface area contributed by atoms with Crippen molar-refractivity contribution >= 4 is 17.0 Å². The number of aromatic nitrogens is 3. The summed E-state index contributed by atoms with van der Waals surface area (Å²) in [5.74, 6) is -4.27. The van der Waals surface area contributed by atoms with Crippen LogP contribution in [0.2, 0.25) is 0 Å². The molecule has 0 bridgehead atoms. The SMILES string of the molecule is N#Cc1ccc(COc2ccc(F)c(-c3cc(F)c(Cc4nc5ccc(C(=O)O)cc5n4C[C@@H]4CCO4)cc3F)n2)c(F)c1. The van der Waals surface area contributed by atoms with Crippen LogP contribution in [0.3, 0.4) is 0 Å². The lowest BCUT2D eigenvalue weighted by Crippen LogP contribution is -2.31. The van der Waals surface area contributed by atoms with Crippen LogP contribution < -0.4 is 4.74 Å². The Morgan fingerprint density at radius 3 is 2.48 bits per heavy atom. The summed E-state index contributed by atoms with van der Waals surface area (Å²) in [6.45, 7) is 0.648. The van der Waals surface area contributed by atoms with Gasteiger partial charge in [-0.3, -0.25) is 0 Å². The van der Waals surface area contributed by atoms with Gasteiger partial charge in [-0.1, -0.05) is 6.07 Å². The zero-order valence-corrected chi connectivity index (χ0v) is 22.9. The Kier molecular flexibility index (Phi) is 7.71. The maximum absolute atomic E-state index is 15.5. The van der Waals surface area contributed by atoms with Gasteiger partial charge >= 0.3 is 5.97 Å². The van der Waals surface area contributed by atoms with E-state index in [-0.39, 0.29) is 47.3 Å². The number of rotatable bonds is 9. The standard InChI is InChI=1S/C32H22F4N4O4/c33-23-4-6-30(44-16-19-2-1-17(14-37)9-24(19)34)39-31(23)22-13-25(35)20(10-26(22)36)12-29-38-27-5-3-18(32(41)42)11-28(27)40(29)15-21-7-8-43-21/h1-6,9-11,13,21H,7-8,12,15-16H2,(H,41,42)/t21-/m0/s1. The first-order valence-corrected chi connectivity index (χ1v) is 13.5. The van der Waals surface area contributed by atoms with Gasteiger partial charge in [0.25, 0.3) is 0 Å². The average Bonchev–Trinajstić information content (AvgIpc) is 3.32. The molecule has 1 aliphatic heterocycles. The highest BCUT2D eigenvalue weighted by Gasteiger charge is 2.24. The van der Waals surface area contributed by atoms with Crippen LogP contribution >= 0.6 is 0 Å². The van der Waals surface area contributed by atoms with E-state index in [0.717, 1.165) is 30.7 Å². The minimum absolute atomic E-state index is 0.0557. The highest BCUT2D eigenvalue weighted by molar-refractivity contribution is 5.92. The second-order valence-electron chi connectivity index (χ2n) is 10.2. The Morgan fingerprint density at radius 1 is 0.977 bits per heavy atom. The van der Waals surface area contributed by atoms with Gasteiger partial charge in [0.15, 0.2) is 0 Å².